The maximum absolute atomic E-state index is 12.6. The highest BCUT2D eigenvalue weighted by Crippen LogP contribution is 2.37. The second-order valence-electron chi connectivity index (χ2n) is 5.45. The van der Waals surface area contributed by atoms with Crippen LogP contribution >= 0.6 is 11.8 Å². The van der Waals surface area contributed by atoms with Crippen molar-refractivity contribution in [2.24, 2.45) is 5.92 Å². The van der Waals surface area contributed by atoms with Crippen LogP contribution in [-0.2, 0) is 0 Å². The molecule has 0 heterocycles. The Kier molecular flexibility index (Phi) is 5.20. The first kappa shape index (κ1) is 15.2. The molecule has 0 aromatic rings. The van der Waals surface area contributed by atoms with E-state index in [1.165, 1.54) is 0 Å². The van der Waals surface area contributed by atoms with Crippen molar-refractivity contribution in [1.29, 1.82) is 0 Å². The van der Waals surface area contributed by atoms with E-state index in [1.807, 2.05) is 6.26 Å². The van der Waals surface area contributed by atoms with Gasteiger partial charge in [-0.25, -0.2) is 0 Å². The lowest BCUT2D eigenvalue weighted by Gasteiger charge is -2.33. The summed E-state index contributed by atoms with van der Waals surface area (Å²) >= 11 is 1.74. The van der Waals surface area contributed by atoms with E-state index in [0.717, 1.165) is 13.0 Å². The zero-order valence-corrected chi connectivity index (χ0v) is 11.5. The molecule has 102 valence electrons. The SMILES string of the molecule is CSC(C)(C)CNC1CCCC(C(F)(F)F)C1. The molecule has 2 unspecified atom stereocenters. The average Bonchev–Trinajstić information content (AvgIpc) is 2.26. The molecule has 1 aliphatic rings. The summed E-state index contributed by atoms with van der Waals surface area (Å²) in [6.45, 7) is 4.98. The predicted molar refractivity (Wildman–Crippen MR) is 67.4 cm³/mol. The van der Waals surface area contributed by atoms with E-state index < -0.39 is 12.1 Å². The number of nitrogens with one attached hydrogen (secondary N) is 1. The van der Waals surface area contributed by atoms with E-state index in [9.17, 15) is 13.2 Å². The highest BCUT2D eigenvalue weighted by Gasteiger charge is 2.42. The summed E-state index contributed by atoms with van der Waals surface area (Å²) in [4.78, 5) is 0. The quantitative estimate of drug-likeness (QED) is 0.832. The van der Waals surface area contributed by atoms with Crippen LogP contribution < -0.4 is 5.32 Å². The van der Waals surface area contributed by atoms with E-state index in [2.05, 4.69) is 19.2 Å². The minimum Gasteiger partial charge on any atom is -0.313 e. The van der Waals surface area contributed by atoms with Crippen LogP contribution in [0.25, 0.3) is 0 Å². The fourth-order valence-electron chi connectivity index (χ4n) is 2.13. The number of rotatable bonds is 4. The van der Waals surface area contributed by atoms with Crippen molar-refractivity contribution >= 4 is 11.8 Å². The highest BCUT2D eigenvalue weighted by atomic mass is 32.2. The van der Waals surface area contributed by atoms with Gasteiger partial charge >= 0.3 is 6.18 Å². The van der Waals surface area contributed by atoms with E-state index in [4.69, 9.17) is 0 Å². The summed E-state index contributed by atoms with van der Waals surface area (Å²) in [5.74, 6) is -1.11. The zero-order valence-electron chi connectivity index (χ0n) is 10.7. The first-order valence-electron chi connectivity index (χ1n) is 6.10. The maximum Gasteiger partial charge on any atom is 0.391 e. The second kappa shape index (κ2) is 5.83. The van der Waals surface area contributed by atoms with Crippen molar-refractivity contribution in [3.63, 3.8) is 0 Å². The molecule has 1 rings (SSSR count). The van der Waals surface area contributed by atoms with Crippen LogP contribution in [0.15, 0.2) is 0 Å². The molecule has 1 saturated carbocycles. The normalized spacial score (nSPS) is 27.2. The van der Waals surface area contributed by atoms with Crippen molar-refractivity contribution < 1.29 is 13.2 Å². The van der Waals surface area contributed by atoms with Gasteiger partial charge in [-0.15, -0.1) is 0 Å². The van der Waals surface area contributed by atoms with Gasteiger partial charge in [0.25, 0.3) is 0 Å². The van der Waals surface area contributed by atoms with Gasteiger partial charge in [-0.2, -0.15) is 24.9 Å². The molecule has 17 heavy (non-hydrogen) atoms. The Balaban J connectivity index is 2.40. The monoisotopic (exact) mass is 269 g/mol. The minimum atomic E-state index is -4.02. The molecule has 1 fully saturated rings. The lowest BCUT2D eigenvalue weighted by atomic mass is 9.85. The topological polar surface area (TPSA) is 12.0 Å². The van der Waals surface area contributed by atoms with Gasteiger partial charge in [0.2, 0.25) is 0 Å². The van der Waals surface area contributed by atoms with E-state index >= 15 is 0 Å². The Morgan fingerprint density at radius 1 is 1.24 bits per heavy atom. The van der Waals surface area contributed by atoms with Gasteiger partial charge in [-0.05, 0) is 39.4 Å². The lowest BCUT2D eigenvalue weighted by Crippen LogP contribution is -2.43. The zero-order chi connectivity index (χ0) is 13.1. The third-order valence-electron chi connectivity index (χ3n) is 3.51. The summed E-state index contributed by atoms with van der Waals surface area (Å²) in [5, 5.41) is 3.29. The third kappa shape index (κ3) is 5.08. The van der Waals surface area contributed by atoms with Gasteiger partial charge < -0.3 is 5.32 Å². The first-order valence-corrected chi connectivity index (χ1v) is 7.32. The number of hydrogen-bond acceptors (Lipinski definition) is 2. The molecule has 0 amide bonds. The van der Waals surface area contributed by atoms with Gasteiger partial charge in [-0.3, -0.25) is 0 Å². The average molecular weight is 269 g/mol. The summed E-state index contributed by atoms with van der Waals surface area (Å²) < 4.78 is 38.0. The Morgan fingerprint density at radius 3 is 2.41 bits per heavy atom. The molecule has 0 saturated heterocycles. The largest absolute Gasteiger partial charge is 0.391 e. The molecule has 0 spiro atoms. The summed E-state index contributed by atoms with van der Waals surface area (Å²) in [7, 11) is 0. The van der Waals surface area contributed by atoms with Crippen LogP contribution in [0.3, 0.4) is 0 Å². The van der Waals surface area contributed by atoms with Gasteiger partial charge in [0.15, 0.2) is 0 Å². The van der Waals surface area contributed by atoms with Crippen LogP contribution in [0.5, 0.6) is 0 Å². The molecule has 0 aliphatic heterocycles. The van der Waals surface area contributed by atoms with Crippen molar-refractivity contribution in [2.45, 2.75) is 56.5 Å². The van der Waals surface area contributed by atoms with Crippen LogP contribution in [-0.4, -0.2) is 29.8 Å². The predicted octanol–water partition coefficient (Wildman–Crippen LogP) is 3.84. The second-order valence-corrected chi connectivity index (χ2v) is 6.96. The Bertz CT molecular complexity index is 240. The maximum atomic E-state index is 12.6. The molecule has 0 aromatic carbocycles. The van der Waals surface area contributed by atoms with Gasteiger partial charge in [0.05, 0.1) is 5.92 Å². The molecule has 0 bridgehead atoms. The lowest BCUT2D eigenvalue weighted by molar-refractivity contribution is -0.183. The molecular formula is C12H22F3NS. The summed E-state index contributed by atoms with van der Waals surface area (Å²) in [6, 6.07) is 0.0294. The molecule has 0 radical (unpaired) electrons. The molecule has 5 heteroatoms. The standard InChI is InChI=1S/C12H22F3NS/c1-11(2,17-3)8-16-10-6-4-5-9(7-10)12(13,14)15/h9-10,16H,4-8H2,1-3H3. The summed E-state index contributed by atoms with van der Waals surface area (Å²) in [5.41, 5.74) is 0. The number of thioether (sulfide) groups is 1. The molecule has 2 atom stereocenters. The van der Waals surface area contributed by atoms with Crippen molar-refractivity contribution in [1.82, 2.24) is 5.32 Å². The van der Waals surface area contributed by atoms with Crippen LogP contribution in [0.2, 0.25) is 0 Å². The highest BCUT2D eigenvalue weighted by molar-refractivity contribution is 7.99. The van der Waals surface area contributed by atoms with Crippen LogP contribution in [0, 0.1) is 5.92 Å². The Labute approximate surface area is 106 Å². The van der Waals surface area contributed by atoms with Gasteiger partial charge in [-0.1, -0.05) is 6.42 Å². The van der Waals surface area contributed by atoms with Gasteiger partial charge in [0.1, 0.15) is 0 Å². The first-order chi connectivity index (χ1) is 7.74. The van der Waals surface area contributed by atoms with E-state index in [-0.39, 0.29) is 17.2 Å². The minimum absolute atomic E-state index is 0.0294. The summed E-state index contributed by atoms with van der Waals surface area (Å²) in [6.07, 6.45) is 0.108. The molecule has 1 nitrogen and oxygen atoms in total. The molecule has 1 aliphatic carbocycles. The fourth-order valence-corrected chi connectivity index (χ4v) is 2.36. The Morgan fingerprint density at radius 2 is 1.88 bits per heavy atom. The fraction of sp³-hybridized carbons (Fsp3) is 1.00. The van der Waals surface area contributed by atoms with Crippen LogP contribution in [0.4, 0.5) is 13.2 Å². The number of halogens is 3. The molecular weight excluding hydrogens is 247 g/mol. The van der Waals surface area contributed by atoms with Crippen molar-refractivity contribution in [3.05, 3.63) is 0 Å². The number of hydrogen-bond donors (Lipinski definition) is 1. The van der Waals surface area contributed by atoms with Crippen LogP contribution in [0.1, 0.15) is 39.5 Å². The van der Waals surface area contributed by atoms with E-state index in [0.29, 0.717) is 12.8 Å². The number of alkyl halides is 3. The Hall–Kier alpha value is 0.100. The van der Waals surface area contributed by atoms with Crippen molar-refractivity contribution in [3.8, 4) is 0 Å². The van der Waals surface area contributed by atoms with Crippen molar-refractivity contribution in [2.75, 3.05) is 12.8 Å². The molecule has 1 N–H and O–H groups in total. The van der Waals surface area contributed by atoms with Gasteiger partial charge in [0, 0.05) is 17.3 Å². The van der Waals surface area contributed by atoms with E-state index in [1.54, 1.807) is 11.8 Å². The molecule has 0 aromatic heterocycles. The smallest absolute Gasteiger partial charge is 0.313 e. The third-order valence-corrected chi connectivity index (χ3v) is 4.76.